The van der Waals surface area contributed by atoms with Crippen LogP contribution in [-0.2, 0) is 0 Å². The van der Waals surface area contributed by atoms with Gasteiger partial charge in [0.25, 0.3) is 0 Å². The van der Waals surface area contributed by atoms with Gasteiger partial charge in [-0.25, -0.2) is 0 Å². The van der Waals surface area contributed by atoms with Crippen LogP contribution in [0.15, 0.2) is 0 Å². The fraction of sp³-hybridized carbons (Fsp3) is 1.00. The number of fused-ring (bicyclic) bond motifs is 1. The summed E-state index contributed by atoms with van der Waals surface area (Å²) < 4.78 is 0. The third-order valence-electron chi connectivity index (χ3n) is 4.53. The molecule has 1 N–H and O–H groups in total. The van der Waals surface area contributed by atoms with Gasteiger partial charge in [-0.2, -0.15) is 0 Å². The molecule has 17 heavy (non-hydrogen) atoms. The number of rotatable bonds is 5. The highest BCUT2D eigenvalue weighted by Crippen LogP contribution is 2.31. The van der Waals surface area contributed by atoms with E-state index in [-0.39, 0.29) is 0 Å². The van der Waals surface area contributed by atoms with E-state index < -0.39 is 0 Å². The van der Waals surface area contributed by atoms with Crippen LogP contribution < -0.4 is 5.32 Å². The van der Waals surface area contributed by atoms with E-state index in [4.69, 9.17) is 0 Å². The molecular formula is C14H29N3. The lowest BCUT2D eigenvalue weighted by Gasteiger charge is -2.28. The first kappa shape index (κ1) is 13.3. The summed E-state index contributed by atoms with van der Waals surface area (Å²) in [5.41, 5.74) is 0. The fourth-order valence-corrected chi connectivity index (χ4v) is 3.34. The number of hydrogen-bond donors (Lipinski definition) is 1. The summed E-state index contributed by atoms with van der Waals surface area (Å²) in [7, 11) is 4.28. The largest absolute Gasteiger partial charge is 0.313 e. The Balaban J connectivity index is 1.71. The average molecular weight is 239 g/mol. The van der Waals surface area contributed by atoms with Gasteiger partial charge < -0.3 is 15.1 Å². The Bertz CT molecular complexity index is 216. The molecule has 0 amide bonds. The predicted octanol–water partition coefficient (Wildman–Crippen LogP) is 1.40. The van der Waals surface area contributed by atoms with Crippen LogP contribution in [0.4, 0.5) is 0 Å². The van der Waals surface area contributed by atoms with Gasteiger partial charge in [-0.3, -0.25) is 0 Å². The Morgan fingerprint density at radius 1 is 1.35 bits per heavy atom. The SMILES string of the molecule is C[C@H](NCCN(C)C)[C@H]1C[C@@H]2CCCCN2C1. The molecule has 0 unspecified atom stereocenters. The summed E-state index contributed by atoms with van der Waals surface area (Å²) in [6.07, 6.45) is 5.75. The third kappa shape index (κ3) is 3.67. The highest BCUT2D eigenvalue weighted by molar-refractivity contribution is 4.91. The van der Waals surface area contributed by atoms with Crippen molar-refractivity contribution in [2.45, 2.75) is 44.7 Å². The first-order valence-electron chi connectivity index (χ1n) is 7.29. The van der Waals surface area contributed by atoms with Crippen molar-refractivity contribution in [3.63, 3.8) is 0 Å². The number of hydrogen-bond acceptors (Lipinski definition) is 3. The van der Waals surface area contributed by atoms with Crippen molar-refractivity contribution in [2.24, 2.45) is 5.92 Å². The standard InChI is InChI=1S/C14H29N3/c1-12(15-7-9-16(2)3)13-10-14-6-4-5-8-17(14)11-13/h12-15H,4-11H2,1-3H3/t12-,13-,14-/m0/s1. The summed E-state index contributed by atoms with van der Waals surface area (Å²) >= 11 is 0. The van der Waals surface area contributed by atoms with Crippen molar-refractivity contribution < 1.29 is 0 Å². The number of piperidine rings is 1. The number of nitrogens with one attached hydrogen (secondary N) is 1. The Hall–Kier alpha value is -0.120. The summed E-state index contributed by atoms with van der Waals surface area (Å²) in [5, 5.41) is 3.70. The Labute approximate surface area is 107 Å². The molecule has 0 aromatic rings. The molecule has 0 spiro atoms. The van der Waals surface area contributed by atoms with Crippen molar-refractivity contribution in [1.29, 1.82) is 0 Å². The monoisotopic (exact) mass is 239 g/mol. The molecule has 3 heteroatoms. The number of likely N-dealkylation sites (N-methyl/N-ethyl adjacent to an activating group) is 1. The maximum Gasteiger partial charge on any atom is 0.0101 e. The molecule has 0 aromatic heterocycles. The number of nitrogens with zero attached hydrogens (tertiary/aromatic N) is 2. The van der Waals surface area contributed by atoms with Gasteiger partial charge in [0.05, 0.1) is 0 Å². The molecule has 3 nitrogen and oxygen atoms in total. The van der Waals surface area contributed by atoms with Crippen molar-refractivity contribution in [2.75, 3.05) is 40.3 Å². The van der Waals surface area contributed by atoms with E-state index in [1.54, 1.807) is 0 Å². The summed E-state index contributed by atoms with van der Waals surface area (Å²) in [6.45, 7) is 7.32. The molecular weight excluding hydrogens is 210 g/mol. The molecule has 0 bridgehead atoms. The van der Waals surface area contributed by atoms with Crippen LogP contribution in [0, 0.1) is 5.92 Å². The lowest BCUT2D eigenvalue weighted by molar-refractivity contribution is 0.195. The van der Waals surface area contributed by atoms with E-state index in [0.717, 1.165) is 25.0 Å². The summed E-state index contributed by atoms with van der Waals surface area (Å²) in [6, 6.07) is 1.59. The van der Waals surface area contributed by atoms with Crippen molar-refractivity contribution in [3.05, 3.63) is 0 Å². The maximum absolute atomic E-state index is 3.70. The minimum Gasteiger partial charge on any atom is -0.313 e. The third-order valence-corrected chi connectivity index (χ3v) is 4.53. The van der Waals surface area contributed by atoms with E-state index in [1.165, 1.54) is 38.8 Å². The van der Waals surface area contributed by atoms with Gasteiger partial charge >= 0.3 is 0 Å². The first-order valence-corrected chi connectivity index (χ1v) is 7.29. The van der Waals surface area contributed by atoms with E-state index in [0.29, 0.717) is 6.04 Å². The molecule has 100 valence electrons. The van der Waals surface area contributed by atoms with Gasteiger partial charge in [-0.05, 0) is 52.7 Å². The fourth-order valence-electron chi connectivity index (χ4n) is 3.34. The van der Waals surface area contributed by atoms with Crippen LogP contribution in [0.1, 0.15) is 32.6 Å². The Morgan fingerprint density at radius 3 is 2.88 bits per heavy atom. The Kier molecular flexibility index (Phi) is 4.83. The quantitative estimate of drug-likeness (QED) is 0.782. The highest BCUT2D eigenvalue weighted by Gasteiger charge is 2.35. The van der Waals surface area contributed by atoms with Crippen LogP contribution >= 0.6 is 0 Å². The van der Waals surface area contributed by atoms with Gasteiger partial charge in [0, 0.05) is 31.7 Å². The first-order chi connectivity index (χ1) is 8.16. The van der Waals surface area contributed by atoms with Crippen molar-refractivity contribution in [1.82, 2.24) is 15.1 Å². The highest BCUT2D eigenvalue weighted by atomic mass is 15.2. The normalized spacial score (nSPS) is 31.8. The molecule has 0 aromatic carbocycles. The van der Waals surface area contributed by atoms with E-state index in [2.05, 4.69) is 36.1 Å². The van der Waals surface area contributed by atoms with Gasteiger partial charge in [-0.1, -0.05) is 6.42 Å². The molecule has 2 saturated heterocycles. The molecule has 2 aliphatic heterocycles. The molecule has 2 heterocycles. The molecule has 0 aliphatic carbocycles. The smallest absolute Gasteiger partial charge is 0.0101 e. The molecule has 2 aliphatic rings. The second-order valence-corrected chi connectivity index (χ2v) is 6.19. The van der Waals surface area contributed by atoms with Crippen molar-refractivity contribution >= 4 is 0 Å². The van der Waals surface area contributed by atoms with Crippen LogP contribution in [0.3, 0.4) is 0 Å². The minimum absolute atomic E-state index is 0.681. The van der Waals surface area contributed by atoms with Gasteiger partial charge in [0.2, 0.25) is 0 Å². The van der Waals surface area contributed by atoms with Gasteiger partial charge in [-0.15, -0.1) is 0 Å². The van der Waals surface area contributed by atoms with Crippen LogP contribution in [0.2, 0.25) is 0 Å². The topological polar surface area (TPSA) is 18.5 Å². The molecule has 0 saturated carbocycles. The van der Waals surface area contributed by atoms with Crippen LogP contribution in [-0.4, -0.2) is 62.2 Å². The van der Waals surface area contributed by atoms with Crippen molar-refractivity contribution in [3.8, 4) is 0 Å². The van der Waals surface area contributed by atoms with E-state index >= 15 is 0 Å². The molecule has 2 rings (SSSR count). The zero-order valence-electron chi connectivity index (χ0n) is 11.8. The van der Waals surface area contributed by atoms with Gasteiger partial charge in [0.1, 0.15) is 0 Å². The second-order valence-electron chi connectivity index (χ2n) is 6.19. The van der Waals surface area contributed by atoms with E-state index in [1.807, 2.05) is 0 Å². The Morgan fingerprint density at radius 2 is 2.18 bits per heavy atom. The zero-order valence-corrected chi connectivity index (χ0v) is 11.8. The predicted molar refractivity (Wildman–Crippen MR) is 73.3 cm³/mol. The van der Waals surface area contributed by atoms with Crippen LogP contribution in [0.5, 0.6) is 0 Å². The average Bonchev–Trinajstić information content (AvgIpc) is 2.71. The van der Waals surface area contributed by atoms with Crippen LogP contribution in [0.25, 0.3) is 0 Å². The van der Waals surface area contributed by atoms with Gasteiger partial charge in [0.15, 0.2) is 0 Å². The van der Waals surface area contributed by atoms with E-state index in [9.17, 15) is 0 Å². The summed E-state index contributed by atoms with van der Waals surface area (Å²) in [5.74, 6) is 0.875. The minimum atomic E-state index is 0.681. The zero-order chi connectivity index (χ0) is 12.3. The summed E-state index contributed by atoms with van der Waals surface area (Å²) in [4.78, 5) is 4.98. The maximum atomic E-state index is 3.70. The molecule has 2 fully saturated rings. The molecule has 3 atom stereocenters. The lowest BCUT2D eigenvalue weighted by atomic mass is 9.95. The molecule has 0 radical (unpaired) electrons. The second kappa shape index (κ2) is 6.17. The lowest BCUT2D eigenvalue weighted by Crippen LogP contribution is -2.39.